The molecular weight excluding hydrogens is 376 g/mol. The van der Waals surface area contributed by atoms with E-state index >= 15 is 0 Å². The van der Waals surface area contributed by atoms with Crippen molar-refractivity contribution in [3.63, 3.8) is 0 Å². The molecule has 2 aromatic rings. The summed E-state index contributed by atoms with van der Waals surface area (Å²) in [6, 6.07) is 10.7. The highest BCUT2D eigenvalue weighted by molar-refractivity contribution is 7.89. The molecule has 3 rings (SSSR count). The molecule has 1 aliphatic rings. The van der Waals surface area contributed by atoms with Crippen LogP contribution in [0.1, 0.15) is 36.8 Å². The van der Waals surface area contributed by atoms with E-state index in [4.69, 9.17) is 4.42 Å². The second-order valence-corrected chi connectivity index (χ2v) is 9.17. The molecule has 1 amide bonds. The molecule has 7 heteroatoms. The van der Waals surface area contributed by atoms with E-state index < -0.39 is 10.0 Å². The van der Waals surface area contributed by atoms with Crippen LogP contribution < -0.4 is 0 Å². The van der Waals surface area contributed by atoms with Gasteiger partial charge in [0.2, 0.25) is 15.9 Å². The van der Waals surface area contributed by atoms with Crippen LogP contribution in [0.5, 0.6) is 0 Å². The molecule has 2 heterocycles. The van der Waals surface area contributed by atoms with Crippen molar-refractivity contribution in [2.24, 2.45) is 0 Å². The lowest BCUT2D eigenvalue weighted by molar-refractivity contribution is -0.127. The first-order valence-corrected chi connectivity index (χ1v) is 10.8. The van der Waals surface area contributed by atoms with Crippen LogP contribution in [-0.4, -0.2) is 49.7 Å². The molecule has 0 aliphatic carbocycles. The van der Waals surface area contributed by atoms with Gasteiger partial charge in [-0.1, -0.05) is 26.0 Å². The Kier molecular flexibility index (Phi) is 6.05. The van der Waals surface area contributed by atoms with Crippen LogP contribution >= 0.6 is 0 Å². The van der Waals surface area contributed by atoms with Gasteiger partial charge in [-0.25, -0.2) is 8.42 Å². The molecule has 0 spiro atoms. The van der Waals surface area contributed by atoms with Crippen LogP contribution in [0.25, 0.3) is 6.08 Å². The fraction of sp³-hybridized carbons (Fsp3) is 0.381. The summed E-state index contributed by atoms with van der Waals surface area (Å²) in [5, 5.41) is 0. The number of furan rings is 1. The highest BCUT2D eigenvalue weighted by Crippen LogP contribution is 2.21. The van der Waals surface area contributed by atoms with Crippen LogP contribution in [0.15, 0.2) is 51.8 Å². The van der Waals surface area contributed by atoms with Crippen molar-refractivity contribution in [1.29, 1.82) is 0 Å². The van der Waals surface area contributed by atoms with Gasteiger partial charge in [0, 0.05) is 32.3 Å². The molecule has 1 aromatic carbocycles. The number of carbonyl (C=O) groups excluding carboxylic acids is 1. The fourth-order valence-electron chi connectivity index (χ4n) is 3.12. The maximum Gasteiger partial charge on any atom is 0.246 e. The van der Waals surface area contributed by atoms with Gasteiger partial charge in [0.05, 0.1) is 4.90 Å². The third kappa shape index (κ3) is 4.54. The third-order valence-corrected chi connectivity index (χ3v) is 6.80. The number of benzene rings is 1. The van der Waals surface area contributed by atoms with E-state index in [1.807, 2.05) is 25.1 Å². The lowest BCUT2D eigenvalue weighted by atomic mass is 10.0. The average Bonchev–Trinajstić information content (AvgIpc) is 3.11. The summed E-state index contributed by atoms with van der Waals surface area (Å²) in [5.74, 6) is 1.61. The van der Waals surface area contributed by atoms with Gasteiger partial charge in [0.25, 0.3) is 0 Å². The first-order valence-electron chi connectivity index (χ1n) is 9.41. The summed E-state index contributed by atoms with van der Waals surface area (Å²) >= 11 is 0. The zero-order valence-electron chi connectivity index (χ0n) is 16.5. The standard InChI is InChI=1S/C21H26N2O4S/c1-16(2)18-5-9-20(10-6-18)28(25,26)23-14-12-22(13-15-23)21(24)11-8-19-7-4-17(3)27-19/h4-11,16H,12-15H2,1-3H3/b11-8+. The van der Waals surface area contributed by atoms with E-state index in [0.717, 1.165) is 11.3 Å². The quantitative estimate of drug-likeness (QED) is 0.720. The Morgan fingerprint density at radius 3 is 2.21 bits per heavy atom. The highest BCUT2D eigenvalue weighted by atomic mass is 32.2. The maximum atomic E-state index is 12.9. The molecule has 0 radical (unpaired) electrons. The summed E-state index contributed by atoms with van der Waals surface area (Å²) in [7, 11) is -3.54. The van der Waals surface area contributed by atoms with E-state index in [1.54, 1.807) is 29.2 Å². The van der Waals surface area contributed by atoms with Crippen molar-refractivity contribution in [2.45, 2.75) is 31.6 Å². The van der Waals surface area contributed by atoms with Crippen LogP contribution in [0.2, 0.25) is 0 Å². The molecule has 0 N–H and O–H groups in total. The van der Waals surface area contributed by atoms with Crippen molar-refractivity contribution < 1.29 is 17.6 Å². The predicted molar refractivity (Wildman–Crippen MR) is 108 cm³/mol. The van der Waals surface area contributed by atoms with E-state index in [-0.39, 0.29) is 19.0 Å². The van der Waals surface area contributed by atoms with Gasteiger partial charge in [-0.05, 0) is 48.7 Å². The second kappa shape index (κ2) is 8.32. The normalized spacial score (nSPS) is 16.2. The molecule has 150 valence electrons. The van der Waals surface area contributed by atoms with Crippen molar-refractivity contribution in [2.75, 3.05) is 26.2 Å². The predicted octanol–water partition coefficient (Wildman–Crippen LogP) is 3.26. The Labute approximate surface area is 166 Å². The summed E-state index contributed by atoms with van der Waals surface area (Å²) in [5.41, 5.74) is 1.10. The Balaban J connectivity index is 1.60. The molecule has 1 fully saturated rings. The molecular formula is C21H26N2O4S. The molecule has 0 unspecified atom stereocenters. The first kappa shape index (κ1) is 20.4. The Bertz CT molecular complexity index is 951. The molecule has 6 nitrogen and oxygen atoms in total. The van der Waals surface area contributed by atoms with Gasteiger partial charge in [-0.15, -0.1) is 0 Å². The highest BCUT2D eigenvalue weighted by Gasteiger charge is 2.29. The number of piperazine rings is 1. The molecule has 28 heavy (non-hydrogen) atoms. The molecule has 1 aromatic heterocycles. The van der Waals surface area contributed by atoms with E-state index in [1.165, 1.54) is 10.4 Å². The molecule has 0 saturated carbocycles. The summed E-state index contributed by atoms with van der Waals surface area (Å²) in [6.07, 6.45) is 3.10. The van der Waals surface area contributed by atoms with Gasteiger partial charge in [0.1, 0.15) is 11.5 Å². The Morgan fingerprint density at radius 1 is 1.04 bits per heavy atom. The van der Waals surface area contributed by atoms with Gasteiger partial charge in [0.15, 0.2) is 0 Å². The van der Waals surface area contributed by atoms with Crippen LogP contribution in [0.4, 0.5) is 0 Å². The third-order valence-electron chi connectivity index (χ3n) is 4.89. The number of sulfonamides is 1. The number of aryl methyl sites for hydroxylation is 1. The number of rotatable bonds is 5. The smallest absolute Gasteiger partial charge is 0.246 e. The Morgan fingerprint density at radius 2 is 1.68 bits per heavy atom. The van der Waals surface area contributed by atoms with Crippen molar-refractivity contribution in [3.05, 3.63) is 59.6 Å². The number of hydrogen-bond acceptors (Lipinski definition) is 4. The first-order chi connectivity index (χ1) is 13.3. The van der Waals surface area contributed by atoms with Crippen LogP contribution in [-0.2, 0) is 14.8 Å². The molecule has 1 aliphatic heterocycles. The van der Waals surface area contributed by atoms with Crippen LogP contribution in [0, 0.1) is 6.92 Å². The number of nitrogens with zero attached hydrogens (tertiary/aromatic N) is 2. The summed E-state index contributed by atoms with van der Waals surface area (Å²) in [6.45, 7) is 7.28. The summed E-state index contributed by atoms with van der Waals surface area (Å²) < 4.78 is 32.6. The maximum absolute atomic E-state index is 12.9. The van der Waals surface area contributed by atoms with Crippen molar-refractivity contribution in [1.82, 2.24) is 9.21 Å². The number of carbonyl (C=O) groups is 1. The van der Waals surface area contributed by atoms with E-state index in [2.05, 4.69) is 13.8 Å². The topological polar surface area (TPSA) is 70.8 Å². The monoisotopic (exact) mass is 402 g/mol. The summed E-state index contributed by atoms with van der Waals surface area (Å²) in [4.78, 5) is 14.3. The van der Waals surface area contributed by atoms with Gasteiger partial charge < -0.3 is 9.32 Å². The number of hydrogen-bond donors (Lipinski definition) is 0. The fourth-order valence-corrected chi connectivity index (χ4v) is 4.55. The minimum atomic E-state index is -3.54. The zero-order valence-corrected chi connectivity index (χ0v) is 17.3. The van der Waals surface area contributed by atoms with Gasteiger partial charge in [-0.2, -0.15) is 4.31 Å². The average molecular weight is 403 g/mol. The van der Waals surface area contributed by atoms with Crippen molar-refractivity contribution in [3.8, 4) is 0 Å². The molecule has 1 saturated heterocycles. The van der Waals surface area contributed by atoms with Crippen LogP contribution in [0.3, 0.4) is 0 Å². The Hall–Kier alpha value is -2.38. The van der Waals surface area contributed by atoms with Gasteiger partial charge >= 0.3 is 0 Å². The van der Waals surface area contributed by atoms with Crippen molar-refractivity contribution >= 4 is 22.0 Å². The lowest BCUT2D eigenvalue weighted by Gasteiger charge is -2.33. The molecule has 0 bridgehead atoms. The molecule has 0 atom stereocenters. The number of amides is 1. The zero-order chi connectivity index (χ0) is 20.3. The SMILES string of the molecule is Cc1ccc(/C=C/C(=O)N2CCN(S(=O)(=O)c3ccc(C(C)C)cc3)CC2)o1. The largest absolute Gasteiger partial charge is 0.462 e. The van der Waals surface area contributed by atoms with Gasteiger partial charge in [-0.3, -0.25) is 4.79 Å². The van der Waals surface area contributed by atoms with E-state index in [0.29, 0.717) is 29.7 Å². The minimum Gasteiger partial charge on any atom is -0.462 e. The second-order valence-electron chi connectivity index (χ2n) is 7.23. The lowest BCUT2D eigenvalue weighted by Crippen LogP contribution is -2.50. The van der Waals surface area contributed by atoms with E-state index in [9.17, 15) is 13.2 Å². The minimum absolute atomic E-state index is 0.146.